The molecule has 6 heteroatoms. The van der Waals surface area contributed by atoms with E-state index >= 15 is 0 Å². The van der Waals surface area contributed by atoms with Gasteiger partial charge in [0.1, 0.15) is 5.82 Å². The van der Waals surface area contributed by atoms with Crippen LogP contribution in [0.1, 0.15) is 47.3 Å². The van der Waals surface area contributed by atoms with E-state index in [0.717, 1.165) is 28.9 Å². The highest BCUT2D eigenvalue weighted by Gasteiger charge is 2.22. The summed E-state index contributed by atoms with van der Waals surface area (Å²) in [4.78, 5) is 19.3. The third-order valence-corrected chi connectivity index (χ3v) is 4.52. The zero-order valence-corrected chi connectivity index (χ0v) is 13.5. The molecule has 4 rings (SSSR count). The van der Waals surface area contributed by atoms with Gasteiger partial charge in [0.25, 0.3) is 0 Å². The molecule has 1 atom stereocenters. The first-order chi connectivity index (χ1) is 11.5. The lowest BCUT2D eigenvalue weighted by molar-refractivity contribution is 0.0699. The van der Waals surface area contributed by atoms with E-state index < -0.39 is 5.97 Å². The van der Waals surface area contributed by atoms with Crippen LogP contribution in [0.5, 0.6) is 0 Å². The molecule has 2 N–H and O–H groups in total. The van der Waals surface area contributed by atoms with Crippen LogP contribution in [0.2, 0.25) is 0 Å². The normalized spacial score (nSPS) is 16.7. The van der Waals surface area contributed by atoms with Crippen molar-refractivity contribution in [3.63, 3.8) is 0 Å². The molecule has 24 heavy (non-hydrogen) atoms. The summed E-state index contributed by atoms with van der Waals surface area (Å²) < 4.78 is 1.87. The van der Waals surface area contributed by atoms with Crippen LogP contribution in [0.4, 0.5) is 5.82 Å². The van der Waals surface area contributed by atoms with Gasteiger partial charge >= 0.3 is 5.97 Å². The molecule has 6 nitrogen and oxygen atoms in total. The molecule has 0 bridgehead atoms. The molecule has 0 amide bonds. The summed E-state index contributed by atoms with van der Waals surface area (Å²) in [6, 6.07) is 5.98. The van der Waals surface area contributed by atoms with Crippen molar-refractivity contribution in [2.75, 3.05) is 0 Å². The van der Waals surface area contributed by atoms with E-state index in [4.69, 9.17) is 0 Å². The van der Waals surface area contributed by atoms with Gasteiger partial charge in [0.15, 0.2) is 0 Å². The minimum Gasteiger partial charge on any atom is -0.478 e. The maximum atomic E-state index is 11.7. The molecule has 0 radical (unpaired) electrons. The SMILES string of the molecule is CC(C)n1ncc2c(C(=O)O)cc(C3C=Nc4[nH]ccc4C3)cc21. The summed E-state index contributed by atoms with van der Waals surface area (Å²) >= 11 is 0. The van der Waals surface area contributed by atoms with E-state index in [2.05, 4.69) is 15.1 Å². The first-order valence-corrected chi connectivity index (χ1v) is 7.99. The molecule has 2 aromatic heterocycles. The number of rotatable bonds is 3. The number of aromatic nitrogens is 3. The van der Waals surface area contributed by atoms with Crippen molar-refractivity contribution in [2.45, 2.75) is 32.2 Å². The summed E-state index contributed by atoms with van der Waals surface area (Å²) in [5, 5.41) is 14.6. The van der Waals surface area contributed by atoms with Gasteiger partial charge in [-0.1, -0.05) is 0 Å². The van der Waals surface area contributed by atoms with E-state index in [9.17, 15) is 9.90 Å². The topological polar surface area (TPSA) is 83.3 Å². The van der Waals surface area contributed by atoms with Crippen LogP contribution in [0.25, 0.3) is 10.9 Å². The average molecular weight is 322 g/mol. The van der Waals surface area contributed by atoms with Gasteiger partial charge in [0, 0.05) is 29.8 Å². The molecule has 0 saturated carbocycles. The van der Waals surface area contributed by atoms with E-state index in [1.807, 2.05) is 43.1 Å². The number of hydrogen-bond acceptors (Lipinski definition) is 3. The number of aliphatic imine (C=N–C) groups is 1. The second-order valence-corrected chi connectivity index (χ2v) is 6.43. The Hall–Kier alpha value is -2.89. The summed E-state index contributed by atoms with van der Waals surface area (Å²) in [7, 11) is 0. The van der Waals surface area contributed by atoms with Gasteiger partial charge in [-0.15, -0.1) is 0 Å². The molecular weight excluding hydrogens is 304 g/mol. The van der Waals surface area contributed by atoms with Crippen molar-refractivity contribution in [1.82, 2.24) is 14.8 Å². The average Bonchev–Trinajstić information content (AvgIpc) is 3.19. The maximum absolute atomic E-state index is 11.7. The van der Waals surface area contributed by atoms with Gasteiger partial charge in [-0.25, -0.2) is 9.79 Å². The highest BCUT2D eigenvalue weighted by atomic mass is 16.4. The molecule has 1 aliphatic rings. The Kier molecular flexibility index (Phi) is 3.26. The molecule has 122 valence electrons. The van der Waals surface area contributed by atoms with Crippen molar-refractivity contribution in [1.29, 1.82) is 0 Å². The number of benzene rings is 1. The zero-order valence-electron chi connectivity index (χ0n) is 13.5. The molecule has 0 aliphatic carbocycles. The minimum atomic E-state index is -0.930. The van der Waals surface area contributed by atoms with E-state index in [-0.39, 0.29) is 12.0 Å². The first kappa shape index (κ1) is 14.7. The Morgan fingerprint density at radius 2 is 2.25 bits per heavy atom. The van der Waals surface area contributed by atoms with Crippen molar-refractivity contribution in [3.05, 3.63) is 47.3 Å². The lowest BCUT2D eigenvalue weighted by Gasteiger charge is -2.18. The third-order valence-electron chi connectivity index (χ3n) is 4.52. The number of carbonyl (C=O) groups is 1. The molecule has 0 saturated heterocycles. The second kappa shape index (κ2) is 5.33. The molecular formula is C18H18N4O2. The highest BCUT2D eigenvalue weighted by Crippen LogP contribution is 2.33. The smallest absolute Gasteiger partial charge is 0.336 e. The van der Waals surface area contributed by atoms with Crippen LogP contribution in [0.15, 0.2) is 35.6 Å². The molecule has 1 unspecified atom stereocenters. The van der Waals surface area contributed by atoms with Crippen LogP contribution < -0.4 is 0 Å². The Bertz CT molecular complexity index is 965. The number of hydrogen-bond donors (Lipinski definition) is 2. The summed E-state index contributed by atoms with van der Waals surface area (Å²) in [6.45, 7) is 4.07. The molecule has 3 aromatic rings. The number of aromatic carboxylic acids is 1. The van der Waals surface area contributed by atoms with Gasteiger partial charge in [0.05, 0.1) is 17.3 Å². The van der Waals surface area contributed by atoms with Crippen molar-refractivity contribution >= 4 is 28.9 Å². The minimum absolute atomic E-state index is 0.0614. The largest absolute Gasteiger partial charge is 0.478 e. The van der Waals surface area contributed by atoms with E-state index in [1.54, 1.807) is 12.3 Å². The predicted octanol–water partition coefficient (Wildman–Crippen LogP) is 3.69. The van der Waals surface area contributed by atoms with Crippen LogP contribution in [0.3, 0.4) is 0 Å². The number of carboxylic acids is 1. The Balaban J connectivity index is 1.87. The summed E-state index contributed by atoms with van der Waals surface area (Å²) in [5.41, 5.74) is 3.26. The quantitative estimate of drug-likeness (QED) is 0.771. The Morgan fingerprint density at radius 1 is 1.42 bits per heavy atom. The fourth-order valence-corrected chi connectivity index (χ4v) is 3.31. The molecule has 1 aromatic carbocycles. The van der Waals surface area contributed by atoms with Gasteiger partial charge in [-0.3, -0.25) is 4.68 Å². The molecule has 3 heterocycles. The van der Waals surface area contributed by atoms with Gasteiger partial charge < -0.3 is 10.1 Å². The van der Waals surface area contributed by atoms with Crippen LogP contribution in [0, 0.1) is 0 Å². The maximum Gasteiger partial charge on any atom is 0.336 e. The summed E-state index contributed by atoms with van der Waals surface area (Å²) in [5.74, 6) is 0.0181. The molecule has 0 fully saturated rings. The number of carboxylic acid groups (broad SMARTS) is 1. The van der Waals surface area contributed by atoms with Crippen molar-refractivity contribution in [2.24, 2.45) is 4.99 Å². The Morgan fingerprint density at radius 3 is 3.00 bits per heavy atom. The number of fused-ring (bicyclic) bond motifs is 2. The van der Waals surface area contributed by atoms with Gasteiger partial charge in [0.2, 0.25) is 0 Å². The number of H-pyrrole nitrogens is 1. The number of nitrogens with one attached hydrogen (secondary N) is 1. The van der Waals surface area contributed by atoms with Crippen molar-refractivity contribution < 1.29 is 9.90 Å². The monoisotopic (exact) mass is 322 g/mol. The van der Waals surface area contributed by atoms with Crippen molar-refractivity contribution in [3.8, 4) is 0 Å². The Labute approximate surface area is 138 Å². The lowest BCUT2D eigenvalue weighted by atomic mass is 9.90. The van der Waals surface area contributed by atoms with E-state index in [0.29, 0.717) is 10.9 Å². The molecule has 0 spiro atoms. The lowest BCUT2D eigenvalue weighted by Crippen LogP contribution is -2.10. The van der Waals surface area contributed by atoms with Crippen LogP contribution in [-0.4, -0.2) is 32.1 Å². The first-order valence-electron chi connectivity index (χ1n) is 7.99. The fourth-order valence-electron chi connectivity index (χ4n) is 3.31. The predicted molar refractivity (Wildman–Crippen MR) is 92.5 cm³/mol. The number of aromatic amines is 1. The highest BCUT2D eigenvalue weighted by molar-refractivity contribution is 6.03. The van der Waals surface area contributed by atoms with Gasteiger partial charge in [-0.05, 0) is 49.6 Å². The zero-order chi connectivity index (χ0) is 16.8. The van der Waals surface area contributed by atoms with Crippen LogP contribution in [-0.2, 0) is 6.42 Å². The second-order valence-electron chi connectivity index (χ2n) is 6.43. The third kappa shape index (κ3) is 2.22. The summed E-state index contributed by atoms with van der Waals surface area (Å²) in [6.07, 6.45) is 6.22. The van der Waals surface area contributed by atoms with E-state index in [1.165, 1.54) is 0 Å². The standard InChI is InChI=1S/C18H18N4O2/c1-10(2)22-16-7-12(6-14(18(23)24)15(16)9-21-22)13-5-11-3-4-19-17(11)20-8-13/h3-4,6-10,13,19H,5H2,1-2H3,(H,23,24). The van der Waals surface area contributed by atoms with Crippen LogP contribution >= 0.6 is 0 Å². The van der Waals surface area contributed by atoms with Gasteiger partial charge in [-0.2, -0.15) is 5.10 Å². The molecule has 1 aliphatic heterocycles. The fraction of sp³-hybridized carbons (Fsp3) is 0.278. The number of nitrogens with zero attached hydrogens (tertiary/aromatic N) is 3.